The Kier molecular flexibility index (Phi) is 4.15. The average Bonchev–Trinajstić information content (AvgIpc) is 3.10. The van der Waals surface area contributed by atoms with Gasteiger partial charge in [0, 0.05) is 4.90 Å². The summed E-state index contributed by atoms with van der Waals surface area (Å²) in [6, 6.07) is 20.0. The molecule has 6 heteroatoms. The molecule has 0 fully saturated rings. The van der Waals surface area contributed by atoms with Gasteiger partial charge in [0.1, 0.15) is 11.0 Å². The van der Waals surface area contributed by atoms with Crippen molar-refractivity contribution in [2.75, 3.05) is 11.1 Å². The molecule has 4 rings (SSSR count). The number of benzene rings is 3. The molecule has 0 unspecified atom stereocenters. The molecule has 0 saturated heterocycles. The lowest BCUT2D eigenvalue weighted by Gasteiger charge is -2.07. The molecule has 0 aliphatic rings. The van der Waals surface area contributed by atoms with Gasteiger partial charge < -0.3 is 5.32 Å². The maximum atomic E-state index is 12.3. The first-order chi connectivity index (χ1) is 11.8. The SMILES string of the molecule is O=C(CSc1cccc2ccccc12)Nc1cccc2nsnc12. The third kappa shape index (κ3) is 2.98. The smallest absolute Gasteiger partial charge is 0.234 e. The van der Waals surface area contributed by atoms with Gasteiger partial charge in [-0.25, -0.2) is 0 Å². The molecule has 24 heavy (non-hydrogen) atoms. The van der Waals surface area contributed by atoms with Crippen LogP contribution in [-0.4, -0.2) is 20.4 Å². The van der Waals surface area contributed by atoms with E-state index < -0.39 is 0 Å². The summed E-state index contributed by atoms with van der Waals surface area (Å²) in [6.45, 7) is 0. The highest BCUT2D eigenvalue weighted by Gasteiger charge is 2.10. The summed E-state index contributed by atoms with van der Waals surface area (Å²) in [5, 5.41) is 5.29. The number of fused-ring (bicyclic) bond motifs is 2. The van der Waals surface area contributed by atoms with Crippen LogP contribution in [0, 0.1) is 0 Å². The Bertz CT molecular complexity index is 1020. The average molecular weight is 351 g/mol. The highest BCUT2D eigenvalue weighted by molar-refractivity contribution is 8.00. The van der Waals surface area contributed by atoms with Gasteiger partial charge in [0.2, 0.25) is 5.91 Å². The molecule has 1 N–H and O–H groups in total. The summed E-state index contributed by atoms with van der Waals surface area (Å²) in [5.74, 6) is 0.301. The lowest BCUT2D eigenvalue weighted by molar-refractivity contribution is -0.113. The van der Waals surface area contributed by atoms with Crippen LogP contribution in [0.15, 0.2) is 65.6 Å². The number of nitrogens with zero attached hydrogens (tertiary/aromatic N) is 2. The maximum Gasteiger partial charge on any atom is 0.234 e. The zero-order valence-electron chi connectivity index (χ0n) is 12.6. The number of amides is 1. The van der Waals surface area contributed by atoms with E-state index in [1.54, 1.807) is 0 Å². The van der Waals surface area contributed by atoms with Crippen molar-refractivity contribution in [1.82, 2.24) is 8.75 Å². The molecule has 0 aliphatic carbocycles. The standard InChI is InChI=1S/C18H13N3OS2/c22-17(19-14-8-4-9-15-18(14)21-24-20-15)11-23-16-10-3-6-12-5-1-2-7-13(12)16/h1-10H,11H2,(H,19,22). The van der Waals surface area contributed by atoms with Gasteiger partial charge in [-0.3, -0.25) is 4.79 Å². The minimum absolute atomic E-state index is 0.0477. The van der Waals surface area contributed by atoms with E-state index in [1.807, 2.05) is 42.5 Å². The Morgan fingerprint density at radius 3 is 2.79 bits per heavy atom. The quantitative estimate of drug-likeness (QED) is 0.547. The molecule has 1 amide bonds. The van der Waals surface area contributed by atoms with Crippen molar-refractivity contribution >= 4 is 56.9 Å². The van der Waals surface area contributed by atoms with Crippen LogP contribution < -0.4 is 5.32 Å². The van der Waals surface area contributed by atoms with E-state index in [9.17, 15) is 4.79 Å². The lowest BCUT2D eigenvalue weighted by atomic mass is 10.1. The molecular formula is C18H13N3OS2. The van der Waals surface area contributed by atoms with Crippen LogP contribution in [0.2, 0.25) is 0 Å². The molecule has 0 aliphatic heterocycles. The molecule has 1 aromatic heterocycles. The fraction of sp³-hybridized carbons (Fsp3) is 0.0556. The number of aromatic nitrogens is 2. The highest BCUT2D eigenvalue weighted by Crippen LogP contribution is 2.28. The number of anilines is 1. The third-order valence-electron chi connectivity index (χ3n) is 3.67. The number of hydrogen-bond acceptors (Lipinski definition) is 5. The molecule has 0 radical (unpaired) electrons. The summed E-state index contributed by atoms with van der Waals surface area (Å²) in [5.41, 5.74) is 2.26. The Morgan fingerprint density at radius 2 is 1.83 bits per heavy atom. The lowest BCUT2D eigenvalue weighted by Crippen LogP contribution is -2.14. The van der Waals surface area contributed by atoms with Gasteiger partial charge in [0.05, 0.1) is 23.2 Å². The molecule has 1 heterocycles. The van der Waals surface area contributed by atoms with Gasteiger partial charge in [-0.05, 0) is 29.0 Å². The Morgan fingerprint density at radius 1 is 1.00 bits per heavy atom. The van der Waals surface area contributed by atoms with Crippen molar-refractivity contribution in [3.05, 3.63) is 60.7 Å². The van der Waals surface area contributed by atoms with E-state index in [0.717, 1.165) is 27.7 Å². The minimum Gasteiger partial charge on any atom is -0.323 e. The second-order valence-electron chi connectivity index (χ2n) is 5.25. The number of nitrogens with one attached hydrogen (secondary N) is 1. The zero-order chi connectivity index (χ0) is 16.4. The van der Waals surface area contributed by atoms with Crippen LogP contribution in [0.5, 0.6) is 0 Å². The van der Waals surface area contributed by atoms with Crippen LogP contribution in [0.25, 0.3) is 21.8 Å². The zero-order valence-corrected chi connectivity index (χ0v) is 14.2. The van der Waals surface area contributed by atoms with Crippen LogP contribution in [0.1, 0.15) is 0 Å². The molecule has 118 valence electrons. The van der Waals surface area contributed by atoms with Crippen molar-refractivity contribution in [2.24, 2.45) is 0 Å². The van der Waals surface area contributed by atoms with E-state index in [1.165, 1.54) is 22.5 Å². The van der Waals surface area contributed by atoms with Gasteiger partial charge in [-0.2, -0.15) is 8.75 Å². The van der Waals surface area contributed by atoms with E-state index in [-0.39, 0.29) is 5.91 Å². The molecule has 0 atom stereocenters. The van der Waals surface area contributed by atoms with Gasteiger partial charge in [0.25, 0.3) is 0 Å². The van der Waals surface area contributed by atoms with E-state index >= 15 is 0 Å². The van der Waals surface area contributed by atoms with E-state index in [2.05, 4.69) is 32.3 Å². The summed E-state index contributed by atoms with van der Waals surface area (Å²) in [4.78, 5) is 13.4. The fourth-order valence-electron chi connectivity index (χ4n) is 2.56. The molecule has 3 aromatic carbocycles. The second-order valence-corrected chi connectivity index (χ2v) is 6.80. The number of carbonyl (C=O) groups is 1. The van der Waals surface area contributed by atoms with Crippen LogP contribution in [0.4, 0.5) is 5.69 Å². The van der Waals surface area contributed by atoms with Crippen molar-refractivity contribution in [2.45, 2.75) is 4.90 Å². The first-order valence-electron chi connectivity index (χ1n) is 7.43. The normalized spacial score (nSPS) is 11.0. The van der Waals surface area contributed by atoms with Crippen molar-refractivity contribution in [1.29, 1.82) is 0 Å². The van der Waals surface area contributed by atoms with E-state index in [0.29, 0.717) is 11.4 Å². The molecule has 0 saturated carbocycles. The first-order valence-corrected chi connectivity index (χ1v) is 9.14. The summed E-state index contributed by atoms with van der Waals surface area (Å²) in [7, 11) is 0. The maximum absolute atomic E-state index is 12.3. The Hall–Kier alpha value is -2.44. The van der Waals surface area contributed by atoms with Gasteiger partial charge >= 0.3 is 0 Å². The van der Waals surface area contributed by atoms with Gasteiger partial charge in [-0.15, -0.1) is 11.8 Å². The summed E-state index contributed by atoms with van der Waals surface area (Å²) in [6.07, 6.45) is 0. The van der Waals surface area contributed by atoms with Gasteiger partial charge in [0.15, 0.2) is 0 Å². The van der Waals surface area contributed by atoms with E-state index in [4.69, 9.17) is 0 Å². The first kappa shape index (κ1) is 15.1. The predicted molar refractivity (Wildman–Crippen MR) is 101 cm³/mol. The molecule has 4 aromatic rings. The number of hydrogen-bond donors (Lipinski definition) is 1. The Balaban J connectivity index is 1.49. The molecule has 0 bridgehead atoms. The number of thioether (sulfide) groups is 1. The van der Waals surface area contributed by atoms with Crippen LogP contribution in [0.3, 0.4) is 0 Å². The second kappa shape index (κ2) is 6.59. The Labute approximate surface area is 147 Å². The number of carbonyl (C=O) groups excluding carboxylic acids is 1. The van der Waals surface area contributed by atoms with Crippen LogP contribution in [-0.2, 0) is 4.79 Å². The monoisotopic (exact) mass is 351 g/mol. The van der Waals surface area contributed by atoms with Crippen molar-refractivity contribution in [3.63, 3.8) is 0 Å². The minimum atomic E-state index is -0.0477. The molecular weight excluding hydrogens is 338 g/mol. The summed E-state index contributed by atoms with van der Waals surface area (Å²) >= 11 is 2.69. The fourth-order valence-corrected chi connectivity index (χ4v) is 3.98. The van der Waals surface area contributed by atoms with Gasteiger partial charge in [-0.1, -0.05) is 42.5 Å². The highest BCUT2D eigenvalue weighted by atomic mass is 32.2. The summed E-state index contributed by atoms with van der Waals surface area (Å²) < 4.78 is 8.43. The van der Waals surface area contributed by atoms with Crippen molar-refractivity contribution < 1.29 is 4.79 Å². The number of rotatable bonds is 4. The topological polar surface area (TPSA) is 54.9 Å². The third-order valence-corrected chi connectivity index (χ3v) is 5.28. The largest absolute Gasteiger partial charge is 0.323 e. The van der Waals surface area contributed by atoms with Crippen LogP contribution >= 0.6 is 23.5 Å². The predicted octanol–water partition coefficient (Wildman–Crippen LogP) is 4.58. The molecule has 4 nitrogen and oxygen atoms in total. The molecule has 0 spiro atoms. The van der Waals surface area contributed by atoms with Crippen molar-refractivity contribution in [3.8, 4) is 0 Å².